The maximum absolute atomic E-state index is 12.0. The lowest BCUT2D eigenvalue weighted by atomic mass is 10.4. The van der Waals surface area contributed by atoms with Crippen LogP contribution in [-0.4, -0.2) is 33.3 Å². The van der Waals surface area contributed by atoms with Gasteiger partial charge in [-0.1, -0.05) is 32.1 Å². The molecule has 0 aliphatic rings. The van der Waals surface area contributed by atoms with Crippen molar-refractivity contribution in [1.29, 1.82) is 0 Å². The van der Waals surface area contributed by atoms with Crippen LogP contribution < -0.4 is 0 Å². The maximum Gasteiger partial charge on any atom is 0.233 e. The molecule has 1 heterocycles. The Bertz CT molecular complexity index is 507. The van der Waals surface area contributed by atoms with E-state index in [2.05, 4.69) is 10.2 Å². The zero-order valence-electron chi connectivity index (χ0n) is 10.2. The highest BCUT2D eigenvalue weighted by atomic mass is 32.2. The van der Waals surface area contributed by atoms with Gasteiger partial charge in [-0.3, -0.25) is 4.21 Å². The van der Waals surface area contributed by atoms with Crippen LogP contribution in [0.4, 0.5) is 0 Å². The third-order valence-electron chi connectivity index (χ3n) is 2.34. The van der Waals surface area contributed by atoms with E-state index in [-0.39, 0.29) is 13.9 Å². The van der Waals surface area contributed by atoms with Gasteiger partial charge in [0.1, 0.15) is 0 Å². The monoisotopic (exact) mass is 296 g/mol. The van der Waals surface area contributed by atoms with E-state index in [1.54, 1.807) is 27.7 Å². The van der Waals surface area contributed by atoms with Crippen LogP contribution in [0.5, 0.6) is 0 Å². The molecule has 2 unspecified atom stereocenters. The Kier molecular flexibility index (Phi) is 4.79. The average molecular weight is 296 g/mol. The zero-order valence-corrected chi connectivity index (χ0v) is 12.7. The highest BCUT2D eigenvalue weighted by Gasteiger charge is 2.27. The Labute approximate surface area is 108 Å². The first kappa shape index (κ1) is 14.7. The molecule has 98 valence electrons. The van der Waals surface area contributed by atoms with Gasteiger partial charge in [-0.25, -0.2) is 8.42 Å². The van der Waals surface area contributed by atoms with Crippen LogP contribution in [0, 0.1) is 0 Å². The molecule has 5 nitrogen and oxygen atoms in total. The van der Waals surface area contributed by atoms with Crippen LogP contribution in [0.2, 0.25) is 0 Å². The molecule has 0 aliphatic heterocycles. The number of hydrogen-bond acceptors (Lipinski definition) is 6. The van der Waals surface area contributed by atoms with E-state index in [4.69, 9.17) is 0 Å². The van der Waals surface area contributed by atoms with Gasteiger partial charge in [-0.05, 0) is 13.3 Å². The van der Waals surface area contributed by atoms with Gasteiger partial charge in [0.15, 0.2) is 0 Å². The van der Waals surface area contributed by atoms with E-state index in [0.717, 1.165) is 11.3 Å². The molecule has 0 saturated carbocycles. The molecule has 0 amide bonds. The molecule has 0 N–H and O–H groups in total. The van der Waals surface area contributed by atoms with E-state index in [0.29, 0.717) is 6.42 Å². The molecule has 0 radical (unpaired) electrons. The Morgan fingerprint density at radius 2 is 1.88 bits per heavy atom. The number of sulfone groups is 1. The fourth-order valence-corrected chi connectivity index (χ4v) is 5.26. The van der Waals surface area contributed by atoms with Crippen molar-refractivity contribution < 1.29 is 12.6 Å². The number of rotatable bonds is 5. The molecule has 0 spiro atoms. The van der Waals surface area contributed by atoms with Crippen molar-refractivity contribution in [1.82, 2.24) is 10.2 Å². The first-order valence-electron chi connectivity index (χ1n) is 5.28. The lowest BCUT2D eigenvalue weighted by molar-refractivity contribution is 0.578. The number of nitrogens with zero attached hydrogens (tertiary/aromatic N) is 2. The molecule has 1 aromatic rings. The van der Waals surface area contributed by atoms with Crippen molar-refractivity contribution in [3.63, 3.8) is 0 Å². The normalized spacial score (nSPS) is 16.1. The predicted molar refractivity (Wildman–Crippen MR) is 68.4 cm³/mol. The molecule has 0 aliphatic carbocycles. The Morgan fingerprint density at radius 3 is 2.35 bits per heavy atom. The van der Waals surface area contributed by atoms with E-state index >= 15 is 0 Å². The van der Waals surface area contributed by atoms with Gasteiger partial charge in [0, 0.05) is 5.25 Å². The summed E-state index contributed by atoms with van der Waals surface area (Å²) in [5, 5.41) is 6.77. The van der Waals surface area contributed by atoms with Crippen LogP contribution in [0.1, 0.15) is 34.1 Å². The van der Waals surface area contributed by atoms with E-state index in [1.165, 1.54) is 0 Å². The number of aromatic nitrogens is 2. The molecule has 8 heteroatoms. The lowest BCUT2D eigenvalue weighted by Gasteiger charge is -2.05. The topological polar surface area (TPSA) is 77.0 Å². The highest BCUT2D eigenvalue weighted by Crippen LogP contribution is 2.24. The van der Waals surface area contributed by atoms with Gasteiger partial charge in [-0.2, -0.15) is 0 Å². The fraction of sp³-hybridized carbons (Fsp3) is 0.778. The van der Waals surface area contributed by atoms with E-state index < -0.39 is 25.9 Å². The summed E-state index contributed by atoms with van der Waals surface area (Å²) in [4.78, 5) is 0. The van der Waals surface area contributed by atoms with Gasteiger partial charge in [0.25, 0.3) is 0 Å². The fourth-order valence-electron chi connectivity index (χ4n) is 0.987. The molecular weight excluding hydrogens is 280 g/mol. The lowest BCUT2D eigenvalue weighted by Crippen LogP contribution is -2.16. The van der Waals surface area contributed by atoms with Crippen molar-refractivity contribution in [3.8, 4) is 0 Å². The SMILES string of the molecule is CCC(C)S(=O)(=O)c1nnc(S(=O)C(C)C)s1. The molecule has 2 atom stereocenters. The summed E-state index contributed by atoms with van der Waals surface area (Å²) in [6.45, 7) is 7.02. The Balaban J connectivity index is 3.08. The molecule has 0 fully saturated rings. The van der Waals surface area contributed by atoms with Crippen LogP contribution in [0.25, 0.3) is 0 Å². The largest absolute Gasteiger partial charge is 0.252 e. The molecule has 1 rings (SSSR count). The summed E-state index contributed by atoms with van der Waals surface area (Å²) in [5.74, 6) is 0. The minimum absolute atomic E-state index is 0.0316. The summed E-state index contributed by atoms with van der Waals surface area (Å²) < 4.78 is 36.0. The van der Waals surface area contributed by atoms with Crippen molar-refractivity contribution >= 4 is 32.0 Å². The van der Waals surface area contributed by atoms with Gasteiger partial charge >= 0.3 is 0 Å². The molecule has 0 aromatic carbocycles. The number of hydrogen-bond donors (Lipinski definition) is 0. The van der Waals surface area contributed by atoms with Crippen LogP contribution in [0.3, 0.4) is 0 Å². The van der Waals surface area contributed by atoms with Crippen LogP contribution in [0.15, 0.2) is 8.68 Å². The third-order valence-corrected chi connectivity index (χ3v) is 7.78. The standard InChI is InChI=1S/C9H16N2O3S3/c1-5-7(4)17(13,14)9-11-10-8(15-9)16(12)6(2)3/h6-7H,5H2,1-4H3. The van der Waals surface area contributed by atoms with Crippen molar-refractivity contribution in [3.05, 3.63) is 0 Å². The zero-order chi connectivity index (χ0) is 13.2. The Hall–Kier alpha value is -0.340. The highest BCUT2D eigenvalue weighted by molar-refractivity contribution is 7.94. The third kappa shape index (κ3) is 3.11. The summed E-state index contributed by atoms with van der Waals surface area (Å²) in [5.41, 5.74) is 0. The first-order valence-corrected chi connectivity index (χ1v) is 8.86. The quantitative estimate of drug-likeness (QED) is 0.825. The Morgan fingerprint density at radius 1 is 1.29 bits per heavy atom. The van der Waals surface area contributed by atoms with Crippen molar-refractivity contribution in [2.75, 3.05) is 0 Å². The molecule has 0 bridgehead atoms. The van der Waals surface area contributed by atoms with Gasteiger partial charge in [-0.15, -0.1) is 10.2 Å². The summed E-state index contributed by atoms with van der Waals surface area (Å²) >= 11 is 0.910. The van der Waals surface area contributed by atoms with Crippen molar-refractivity contribution in [2.45, 2.75) is 53.3 Å². The second kappa shape index (κ2) is 5.53. The summed E-state index contributed by atoms with van der Waals surface area (Å²) in [6.07, 6.45) is 0.518. The minimum Gasteiger partial charge on any atom is -0.252 e. The second-order valence-corrected chi connectivity index (χ2v) is 9.64. The van der Waals surface area contributed by atoms with Crippen molar-refractivity contribution in [2.24, 2.45) is 0 Å². The second-order valence-electron chi connectivity index (χ2n) is 3.94. The van der Waals surface area contributed by atoms with E-state index in [9.17, 15) is 12.6 Å². The van der Waals surface area contributed by atoms with Crippen LogP contribution in [-0.2, 0) is 20.6 Å². The summed E-state index contributed by atoms with van der Waals surface area (Å²) in [7, 11) is -4.70. The van der Waals surface area contributed by atoms with Gasteiger partial charge in [0.2, 0.25) is 18.5 Å². The van der Waals surface area contributed by atoms with Gasteiger partial charge < -0.3 is 0 Å². The maximum atomic E-state index is 12.0. The predicted octanol–water partition coefficient (Wildman–Crippen LogP) is 1.63. The molecule has 1 aromatic heterocycles. The first-order chi connectivity index (χ1) is 7.80. The minimum atomic E-state index is -3.42. The summed E-state index contributed by atoms with van der Waals surface area (Å²) in [6, 6.07) is 0. The van der Waals surface area contributed by atoms with E-state index in [1.807, 2.05) is 0 Å². The smallest absolute Gasteiger partial charge is 0.233 e. The molecule has 17 heavy (non-hydrogen) atoms. The average Bonchev–Trinajstić information content (AvgIpc) is 2.76. The molecular formula is C9H16N2O3S3. The van der Waals surface area contributed by atoms with Crippen LogP contribution >= 0.6 is 11.3 Å². The molecule has 0 saturated heterocycles. The van der Waals surface area contributed by atoms with Gasteiger partial charge in [0.05, 0.1) is 16.0 Å².